The normalized spacial score (nSPS) is 12.3. The highest BCUT2D eigenvalue weighted by atomic mass is 35.5. The standard InChI is InChI=1S/C17H18Cl2N2O8/c1-8(20-17(27)28-2)15(25)21-11(6-13(23)24)12(22)7-29-16(26)14-9(18)4-3-5-10(14)19/h3-5,8,11H,6-7H2,1-2H3,(H,20,27)(H,21,25)(H,23,24)/t8-,11-/m0/s1. The van der Waals surface area contributed by atoms with Crippen LogP contribution in [0.1, 0.15) is 23.7 Å². The summed E-state index contributed by atoms with van der Waals surface area (Å²) in [4.78, 5) is 58.6. The Morgan fingerprint density at radius 2 is 1.69 bits per heavy atom. The van der Waals surface area contributed by atoms with Crippen LogP contribution in [-0.4, -0.2) is 60.6 Å². The molecule has 0 spiro atoms. The molecule has 1 aromatic rings. The highest BCUT2D eigenvalue weighted by Crippen LogP contribution is 2.24. The van der Waals surface area contributed by atoms with E-state index in [-0.39, 0.29) is 15.6 Å². The molecule has 0 aliphatic carbocycles. The third-order valence-electron chi connectivity index (χ3n) is 3.51. The summed E-state index contributed by atoms with van der Waals surface area (Å²) in [6.07, 6.45) is -1.65. The molecular formula is C17H18Cl2N2O8. The Balaban J connectivity index is 2.78. The van der Waals surface area contributed by atoms with E-state index < -0.39 is 54.8 Å². The van der Waals surface area contributed by atoms with Crippen molar-refractivity contribution in [3.8, 4) is 0 Å². The number of nitrogens with one attached hydrogen (secondary N) is 2. The number of alkyl carbamates (subject to hydrolysis) is 1. The van der Waals surface area contributed by atoms with E-state index >= 15 is 0 Å². The average molecular weight is 449 g/mol. The molecular weight excluding hydrogens is 431 g/mol. The molecule has 0 saturated heterocycles. The number of carboxylic acids is 1. The van der Waals surface area contributed by atoms with Crippen LogP contribution in [-0.2, 0) is 23.9 Å². The van der Waals surface area contributed by atoms with E-state index in [0.29, 0.717) is 0 Å². The molecule has 0 aromatic heterocycles. The van der Waals surface area contributed by atoms with Gasteiger partial charge in [0.25, 0.3) is 0 Å². The predicted molar refractivity (Wildman–Crippen MR) is 101 cm³/mol. The molecule has 29 heavy (non-hydrogen) atoms. The number of halogens is 2. The molecule has 0 radical (unpaired) electrons. The van der Waals surface area contributed by atoms with Crippen LogP contribution in [0, 0.1) is 0 Å². The molecule has 2 amide bonds. The highest BCUT2D eigenvalue weighted by molar-refractivity contribution is 6.39. The average Bonchev–Trinajstić information content (AvgIpc) is 2.64. The van der Waals surface area contributed by atoms with E-state index in [1.54, 1.807) is 0 Å². The Morgan fingerprint density at radius 3 is 2.21 bits per heavy atom. The molecule has 0 aliphatic rings. The predicted octanol–water partition coefficient (Wildman–Crippen LogP) is 1.42. The van der Waals surface area contributed by atoms with Crippen LogP contribution in [0.2, 0.25) is 10.0 Å². The summed E-state index contributed by atoms with van der Waals surface area (Å²) < 4.78 is 9.19. The van der Waals surface area contributed by atoms with Crippen molar-refractivity contribution < 1.29 is 38.6 Å². The van der Waals surface area contributed by atoms with E-state index in [1.165, 1.54) is 25.1 Å². The number of methoxy groups -OCH3 is 1. The minimum Gasteiger partial charge on any atom is -0.481 e. The second kappa shape index (κ2) is 11.2. The van der Waals surface area contributed by atoms with Crippen molar-refractivity contribution in [1.29, 1.82) is 0 Å². The number of Topliss-reactive ketones (excluding diaryl/α,β-unsaturated/α-hetero) is 1. The van der Waals surface area contributed by atoms with E-state index in [2.05, 4.69) is 15.4 Å². The Labute approximate surface area is 175 Å². The molecule has 3 N–H and O–H groups in total. The maximum atomic E-state index is 12.3. The second-order valence-electron chi connectivity index (χ2n) is 5.66. The molecule has 0 aliphatic heterocycles. The summed E-state index contributed by atoms with van der Waals surface area (Å²) in [5, 5.41) is 13.3. The van der Waals surface area contributed by atoms with Crippen LogP contribution in [0.5, 0.6) is 0 Å². The lowest BCUT2D eigenvalue weighted by Crippen LogP contribution is -2.51. The molecule has 2 atom stereocenters. The minimum atomic E-state index is -1.50. The van der Waals surface area contributed by atoms with Gasteiger partial charge in [0.1, 0.15) is 12.1 Å². The van der Waals surface area contributed by atoms with Gasteiger partial charge in [-0.3, -0.25) is 14.4 Å². The zero-order chi connectivity index (χ0) is 22.1. The number of hydrogen-bond donors (Lipinski definition) is 3. The number of ether oxygens (including phenoxy) is 2. The van der Waals surface area contributed by atoms with Gasteiger partial charge in [0.15, 0.2) is 12.4 Å². The maximum absolute atomic E-state index is 12.3. The van der Waals surface area contributed by atoms with Crippen molar-refractivity contribution in [3.63, 3.8) is 0 Å². The van der Waals surface area contributed by atoms with Gasteiger partial charge in [-0.1, -0.05) is 29.3 Å². The Hall–Kier alpha value is -2.85. The van der Waals surface area contributed by atoms with Crippen LogP contribution in [0.3, 0.4) is 0 Å². The van der Waals surface area contributed by atoms with Gasteiger partial charge in [-0.05, 0) is 19.1 Å². The first-order valence-electron chi connectivity index (χ1n) is 8.07. The molecule has 0 heterocycles. The molecule has 1 rings (SSSR count). The lowest BCUT2D eigenvalue weighted by atomic mass is 10.1. The fraction of sp³-hybridized carbons (Fsp3) is 0.353. The fourth-order valence-corrected chi connectivity index (χ4v) is 2.57. The number of amides is 2. The lowest BCUT2D eigenvalue weighted by molar-refractivity contribution is -0.140. The first-order chi connectivity index (χ1) is 13.6. The van der Waals surface area contributed by atoms with Gasteiger partial charge < -0.3 is 25.2 Å². The number of carboxylic acid groups (broad SMARTS) is 1. The van der Waals surface area contributed by atoms with E-state index in [0.717, 1.165) is 7.11 Å². The van der Waals surface area contributed by atoms with Gasteiger partial charge in [0.2, 0.25) is 5.91 Å². The summed E-state index contributed by atoms with van der Waals surface area (Å²) in [5.74, 6) is -4.09. The Bertz CT molecular complexity index is 794. The minimum absolute atomic E-state index is 0.00745. The van der Waals surface area contributed by atoms with Gasteiger partial charge in [0, 0.05) is 0 Å². The van der Waals surface area contributed by atoms with Crippen molar-refractivity contribution in [1.82, 2.24) is 10.6 Å². The molecule has 10 nitrogen and oxygen atoms in total. The molecule has 0 fully saturated rings. The van der Waals surface area contributed by atoms with E-state index in [4.69, 9.17) is 33.0 Å². The SMILES string of the molecule is COC(=O)N[C@@H](C)C(=O)N[C@@H](CC(=O)O)C(=O)COC(=O)c1c(Cl)cccc1Cl. The first-order valence-corrected chi connectivity index (χ1v) is 8.82. The zero-order valence-electron chi connectivity index (χ0n) is 15.4. The van der Waals surface area contributed by atoms with Gasteiger partial charge in [-0.15, -0.1) is 0 Å². The van der Waals surface area contributed by atoms with E-state index in [9.17, 15) is 24.0 Å². The van der Waals surface area contributed by atoms with Crippen LogP contribution >= 0.6 is 23.2 Å². The van der Waals surface area contributed by atoms with Crippen molar-refractivity contribution in [2.45, 2.75) is 25.4 Å². The summed E-state index contributed by atoms with van der Waals surface area (Å²) in [7, 11) is 1.09. The monoisotopic (exact) mass is 448 g/mol. The van der Waals surface area contributed by atoms with Crippen molar-refractivity contribution in [3.05, 3.63) is 33.8 Å². The van der Waals surface area contributed by atoms with Gasteiger partial charge in [0.05, 0.1) is 29.1 Å². The largest absolute Gasteiger partial charge is 0.481 e. The third-order valence-corrected chi connectivity index (χ3v) is 4.14. The van der Waals surface area contributed by atoms with Gasteiger partial charge >= 0.3 is 18.0 Å². The number of benzene rings is 1. The zero-order valence-corrected chi connectivity index (χ0v) is 16.9. The summed E-state index contributed by atoms with van der Waals surface area (Å²) >= 11 is 11.8. The van der Waals surface area contributed by atoms with Crippen LogP contribution < -0.4 is 10.6 Å². The quantitative estimate of drug-likeness (QED) is 0.480. The lowest BCUT2D eigenvalue weighted by Gasteiger charge is -2.19. The number of carbonyl (C=O) groups is 5. The maximum Gasteiger partial charge on any atom is 0.407 e. The first kappa shape index (κ1) is 24.2. The Morgan fingerprint density at radius 1 is 1.10 bits per heavy atom. The fourth-order valence-electron chi connectivity index (χ4n) is 2.02. The number of carbonyl (C=O) groups excluding carboxylic acids is 4. The molecule has 0 bridgehead atoms. The molecule has 158 valence electrons. The van der Waals surface area contributed by atoms with Crippen molar-refractivity contribution in [2.24, 2.45) is 0 Å². The Kier molecular flexibility index (Phi) is 9.36. The molecule has 0 saturated carbocycles. The highest BCUT2D eigenvalue weighted by Gasteiger charge is 2.28. The van der Waals surface area contributed by atoms with Crippen LogP contribution in [0.25, 0.3) is 0 Å². The van der Waals surface area contributed by atoms with Crippen molar-refractivity contribution in [2.75, 3.05) is 13.7 Å². The smallest absolute Gasteiger partial charge is 0.407 e. The topological polar surface area (TPSA) is 148 Å². The molecule has 12 heteroatoms. The number of rotatable bonds is 9. The van der Waals surface area contributed by atoms with Crippen molar-refractivity contribution >= 4 is 52.9 Å². The van der Waals surface area contributed by atoms with Gasteiger partial charge in [-0.25, -0.2) is 9.59 Å². The van der Waals surface area contributed by atoms with Gasteiger partial charge in [-0.2, -0.15) is 0 Å². The summed E-state index contributed by atoms with van der Waals surface area (Å²) in [5.41, 5.74) is -0.154. The molecule has 0 unspecified atom stereocenters. The third kappa shape index (κ3) is 7.59. The number of esters is 1. The number of aliphatic carboxylic acids is 1. The van der Waals surface area contributed by atoms with E-state index in [1.807, 2.05) is 0 Å². The van der Waals surface area contributed by atoms with Crippen LogP contribution in [0.15, 0.2) is 18.2 Å². The summed E-state index contributed by atoms with van der Waals surface area (Å²) in [6.45, 7) is 0.464. The number of ketones is 1. The number of hydrogen-bond acceptors (Lipinski definition) is 7. The summed E-state index contributed by atoms with van der Waals surface area (Å²) in [6, 6.07) is 1.69. The van der Waals surface area contributed by atoms with Crippen LogP contribution in [0.4, 0.5) is 4.79 Å². The second-order valence-corrected chi connectivity index (χ2v) is 6.47. The molecule has 1 aromatic carbocycles.